The van der Waals surface area contributed by atoms with Gasteiger partial charge in [0.25, 0.3) is 0 Å². The van der Waals surface area contributed by atoms with Gasteiger partial charge in [-0.25, -0.2) is 0 Å². The third-order valence-corrected chi connectivity index (χ3v) is 3.26. The summed E-state index contributed by atoms with van der Waals surface area (Å²) in [5.74, 6) is 1.63. The Hall–Kier alpha value is -1.18. The summed E-state index contributed by atoms with van der Waals surface area (Å²) < 4.78 is 5.56. The van der Waals surface area contributed by atoms with Gasteiger partial charge in [0.15, 0.2) is 0 Å². The molecular formula is C13H18O2. The first kappa shape index (κ1) is 10.3. The highest BCUT2D eigenvalue weighted by molar-refractivity contribution is 5.23. The van der Waals surface area contributed by atoms with Crippen molar-refractivity contribution in [2.45, 2.75) is 26.7 Å². The van der Waals surface area contributed by atoms with Crippen LogP contribution in [0.5, 0.6) is 0 Å². The molecule has 0 saturated carbocycles. The number of aliphatic hydroxyl groups is 1. The molecule has 1 heterocycles. The Bertz CT molecular complexity index is 334. The van der Waals surface area contributed by atoms with E-state index in [1.807, 2.05) is 6.08 Å². The monoisotopic (exact) mass is 206 g/mol. The fourth-order valence-corrected chi connectivity index (χ4v) is 2.21. The lowest BCUT2D eigenvalue weighted by atomic mass is 9.71. The van der Waals surface area contributed by atoms with E-state index in [9.17, 15) is 5.11 Å². The molecule has 82 valence electrons. The molecule has 0 aromatic carbocycles. The smallest absolute Gasteiger partial charge is 0.144 e. The Morgan fingerprint density at radius 1 is 1.40 bits per heavy atom. The van der Waals surface area contributed by atoms with Crippen molar-refractivity contribution >= 4 is 0 Å². The Balaban J connectivity index is 2.23. The number of allylic oxidation sites excluding steroid dienone is 4. The molecule has 2 heteroatoms. The van der Waals surface area contributed by atoms with E-state index in [0.29, 0.717) is 18.3 Å². The van der Waals surface area contributed by atoms with Crippen LogP contribution in [0.1, 0.15) is 26.7 Å². The van der Waals surface area contributed by atoms with E-state index in [4.69, 9.17) is 4.74 Å². The summed E-state index contributed by atoms with van der Waals surface area (Å²) in [6.07, 6.45) is 10.4. The lowest BCUT2D eigenvalue weighted by Crippen LogP contribution is -2.28. The van der Waals surface area contributed by atoms with Crippen LogP contribution in [0, 0.1) is 11.3 Å². The Kier molecular flexibility index (Phi) is 2.59. The van der Waals surface area contributed by atoms with Gasteiger partial charge < -0.3 is 9.84 Å². The zero-order valence-corrected chi connectivity index (χ0v) is 9.36. The molecule has 0 fully saturated rings. The van der Waals surface area contributed by atoms with Gasteiger partial charge in [-0.05, 0) is 30.4 Å². The summed E-state index contributed by atoms with van der Waals surface area (Å²) in [5, 5.41) is 9.23. The topological polar surface area (TPSA) is 29.5 Å². The van der Waals surface area contributed by atoms with Gasteiger partial charge in [0, 0.05) is 5.92 Å². The van der Waals surface area contributed by atoms with Crippen LogP contribution in [0.4, 0.5) is 0 Å². The SMILES string of the molecule is CC1(C)CCC=CC1C1=CC=C(O)CO1. The maximum absolute atomic E-state index is 9.23. The minimum Gasteiger partial charge on any atom is -0.509 e. The van der Waals surface area contributed by atoms with E-state index in [1.165, 1.54) is 6.42 Å². The molecule has 1 N–H and O–H groups in total. The van der Waals surface area contributed by atoms with Gasteiger partial charge >= 0.3 is 0 Å². The second kappa shape index (κ2) is 3.76. The van der Waals surface area contributed by atoms with E-state index >= 15 is 0 Å². The summed E-state index contributed by atoms with van der Waals surface area (Å²) in [4.78, 5) is 0. The molecule has 0 amide bonds. The van der Waals surface area contributed by atoms with Gasteiger partial charge in [0.05, 0.1) is 0 Å². The van der Waals surface area contributed by atoms with E-state index in [1.54, 1.807) is 6.08 Å². The van der Waals surface area contributed by atoms with Crippen LogP contribution in [0.25, 0.3) is 0 Å². The first-order valence-electron chi connectivity index (χ1n) is 5.49. The molecule has 1 aliphatic heterocycles. The third kappa shape index (κ3) is 2.09. The summed E-state index contributed by atoms with van der Waals surface area (Å²) in [7, 11) is 0. The standard InChI is InChI=1S/C13H18O2/c1-13(2)8-4-3-5-11(13)12-7-6-10(14)9-15-12/h3,5-7,11,14H,4,8-9H2,1-2H3. The molecule has 2 nitrogen and oxygen atoms in total. The van der Waals surface area contributed by atoms with Crippen LogP contribution >= 0.6 is 0 Å². The number of aliphatic hydroxyl groups excluding tert-OH is 1. The molecule has 0 aromatic heterocycles. The zero-order valence-electron chi connectivity index (χ0n) is 9.36. The van der Waals surface area contributed by atoms with Crippen molar-refractivity contribution in [1.29, 1.82) is 0 Å². The van der Waals surface area contributed by atoms with Crippen LogP contribution in [0.2, 0.25) is 0 Å². The molecule has 2 aliphatic rings. The highest BCUT2D eigenvalue weighted by Gasteiger charge is 2.33. The molecule has 0 radical (unpaired) electrons. The fraction of sp³-hybridized carbons (Fsp3) is 0.538. The first-order valence-corrected chi connectivity index (χ1v) is 5.49. The van der Waals surface area contributed by atoms with E-state index < -0.39 is 0 Å². The largest absolute Gasteiger partial charge is 0.509 e. The van der Waals surface area contributed by atoms with Gasteiger partial charge in [0.1, 0.15) is 18.1 Å². The number of hydrogen-bond donors (Lipinski definition) is 1. The Labute approximate surface area is 90.9 Å². The highest BCUT2D eigenvalue weighted by atomic mass is 16.5. The molecule has 1 unspecified atom stereocenters. The quantitative estimate of drug-likeness (QED) is 0.667. The number of hydrogen-bond acceptors (Lipinski definition) is 2. The highest BCUT2D eigenvalue weighted by Crippen LogP contribution is 2.41. The second-order valence-corrected chi connectivity index (χ2v) is 4.95. The summed E-state index contributed by atoms with van der Waals surface area (Å²) in [6.45, 7) is 4.85. The van der Waals surface area contributed by atoms with Crippen molar-refractivity contribution in [3.63, 3.8) is 0 Å². The Morgan fingerprint density at radius 3 is 2.80 bits per heavy atom. The molecule has 0 saturated heterocycles. The summed E-state index contributed by atoms with van der Waals surface area (Å²) >= 11 is 0. The van der Waals surface area contributed by atoms with Gasteiger partial charge in [-0.2, -0.15) is 0 Å². The minimum absolute atomic E-state index is 0.251. The molecule has 1 atom stereocenters. The fourth-order valence-electron chi connectivity index (χ4n) is 2.21. The van der Waals surface area contributed by atoms with Crippen molar-refractivity contribution in [3.8, 4) is 0 Å². The molecule has 0 aromatic rings. The first-order chi connectivity index (χ1) is 7.09. The number of ether oxygens (including phenoxy) is 1. The van der Waals surface area contributed by atoms with Crippen molar-refractivity contribution in [3.05, 3.63) is 35.8 Å². The van der Waals surface area contributed by atoms with Crippen LogP contribution < -0.4 is 0 Å². The average molecular weight is 206 g/mol. The van der Waals surface area contributed by atoms with Crippen molar-refractivity contribution in [1.82, 2.24) is 0 Å². The van der Waals surface area contributed by atoms with Crippen molar-refractivity contribution < 1.29 is 9.84 Å². The summed E-state index contributed by atoms with van der Waals surface area (Å²) in [6, 6.07) is 0. The lowest BCUT2D eigenvalue weighted by Gasteiger charge is -2.36. The minimum atomic E-state index is 0.251. The van der Waals surface area contributed by atoms with Crippen molar-refractivity contribution in [2.24, 2.45) is 11.3 Å². The van der Waals surface area contributed by atoms with Crippen LogP contribution in [-0.2, 0) is 4.74 Å². The maximum Gasteiger partial charge on any atom is 0.144 e. The van der Waals surface area contributed by atoms with Gasteiger partial charge in [-0.3, -0.25) is 0 Å². The summed E-state index contributed by atoms with van der Waals surface area (Å²) in [5.41, 5.74) is 0.251. The van der Waals surface area contributed by atoms with E-state index in [2.05, 4.69) is 26.0 Å². The van der Waals surface area contributed by atoms with E-state index in [-0.39, 0.29) is 5.41 Å². The average Bonchev–Trinajstić information content (AvgIpc) is 2.19. The van der Waals surface area contributed by atoms with Gasteiger partial charge in [-0.15, -0.1) is 0 Å². The van der Waals surface area contributed by atoms with Crippen LogP contribution in [0.15, 0.2) is 35.8 Å². The Morgan fingerprint density at radius 2 is 2.20 bits per heavy atom. The van der Waals surface area contributed by atoms with E-state index in [0.717, 1.165) is 12.2 Å². The molecule has 0 spiro atoms. The van der Waals surface area contributed by atoms with Crippen LogP contribution in [-0.4, -0.2) is 11.7 Å². The molecular weight excluding hydrogens is 188 g/mol. The molecule has 1 aliphatic carbocycles. The molecule has 0 bridgehead atoms. The molecule has 2 rings (SSSR count). The predicted molar refractivity (Wildman–Crippen MR) is 60.4 cm³/mol. The second-order valence-electron chi connectivity index (χ2n) is 4.95. The number of rotatable bonds is 1. The van der Waals surface area contributed by atoms with Gasteiger partial charge in [-0.1, -0.05) is 26.0 Å². The third-order valence-electron chi connectivity index (χ3n) is 3.26. The van der Waals surface area contributed by atoms with Crippen molar-refractivity contribution in [2.75, 3.05) is 6.61 Å². The normalized spacial score (nSPS) is 29.1. The maximum atomic E-state index is 9.23. The zero-order chi connectivity index (χ0) is 10.9. The predicted octanol–water partition coefficient (Wildman–Crippen LogP) is 3.33. The molecule has 15 heavy (non-hydrogen) atoms. The van der Waals surface area contributed by atoms with Gasteiger partial charge in [0.2, 0.25) is 0 Å². The van der Waals surface area contributed by atoms with Crippen LogP contribution in [0.3, 0.4) is 0 Å². The lowest BCUT2D eigenvalue weighted by molar-refractivity contribution is 0.123.